The second-order valence-corrected chi connectivity index (χ2v) is 3.21. The molecule has 0 aromatic rings. The van der Waals surface area contributed by atoms with Crippen LogP contribution in [0.4, 0.5) is 0 Å². The molecule has 0 aliphatic rings. The second kappa shape index (κ2) is 6.21. The lowest BCUT2D eigenvalue weighted by Crippen LogP contribution is -1.64. The maximum absolute atomic E-state index is 5.14. The number of halogens is 1. The number of hydrogen-bond donors (Lipinski definition) is 1. The van der Waals surface area contributed by atoms with Crippen LogP contribution in [0.5, 0.6) is 0 Å². The summed E-state index contributed by atoms with van der Waals surface area (Å²) in [5.41, 5.74) is 0. The van der Waals surface area contributed by atoms with Gasteiger partial charge in [0.1, 0.15) is 7.73 Å². The van der Waals surface area contributed by atoms with E-state index >= 15 is 0 Å². The molecule has 0 radical (unpaired) electrons. The number of rotatable bonds is 2. The van der Waals surface area contributed by atoms with Gasteiger partial charge in [-0.25, -0.2) is 4.52 Å². The van der Waals surface area contributed by atoms with Crippen molar-refractivity contribution < 1.29 is 0 Å². The molecule has 36 valence electrons. The quantitative estimate of drug-likeness (QED) is 0.615. The third kappa shape index (κ3) is 5.21. The molecule has 0 heterocycles. The van der Waals surface area contributed by atoms with Crippen LogP contribution in [0.2, 0.25) is 0 Å². The van der Waals surface area contributed by atoms with E-state index < -0.39 is 0 Å². The lowest BCUT2D eigenvalue weighted by Gasteiger charge is -1.79. The molecule has 0 aliphatic carbocycles. The molecule has 0 aliphatic heterocycles. The van der Waals surface area contributed by atoms with Crippen LogP contribution in [0.1, 0.15) is 0 Å². The fraction of sp³-hybridized carbons (Fsp3) is 0. The van der Waals surface area contributed by atoms with Crippen molar-refractivity contribution in [2.75, 3.05) is 0 Å². The molecule has 0 spiro atoms. The number of nitrogens with one attached hydrogen (secondary N) is 1. The fourth-order valence-electron chi connectivity index (χ4n) is 0.0478. The Morgan fingerprint density at radius 1 is 2.00 bits per heavy atom. The highest BCUT2D eigenvalue weighted by molar-refractivity contribution is 7.64. The maximum atomic E-state index is 5.14. The normalized spacial score (nSPS) is 12.3. The van der Waals surface area contributed by atoms with Crippen LogP contribution in [0.15, 0.2) is 4.52 Å². The summed E-state index contributed by atoms with van der Waals surface area (Å²) >= 11 is 5.14. The molecule has 6 heteroatoms. The number of hydrogen-bond acceptors (Lipinski definition) is 2. The summed E-state index contributed by atoms with van der Waals surface area (Å²) in [6, 6.07) is 0. The smallest absolute Gasteiger partial charge is 0.119 e. The molecule has 0 rings (SSSR count). The van der Waals surface area contributed by atoms with E-state index in [9.17, 15) is 0 Å². The molecule has 0 aromatic heterocycles. The summed E-state index contributed by atoms with van der Waals surface area (Å²) in [7, 11) is 3.32. The van der Waals surface area contributed by atoms with Gasteiger partial charge in [0.15, 0.2) is 0 Å². The van der Waals surface area contributed by atoms with Crippen molar-refractivity contribution in [3.05, 3.63) is 0 Å². The van der Waals surface area contributed by atoms with Crippen LogP contribution in [-0.4, -0.2) is 0 Å². The second-order valence-electron chi connectivity index (χ2n) is 0.432. The largest absolute Gasteiger partial charge is 0.263 e. The first-order valence-corrected chi connectivity index (χ1v) is 4.41. The Bertz CT molecular complexity index is 44.1. The van der Waals surface area contributed by atoms with Crippen LogP contribution in [0.25, 0.3) is 0 Å². The van der Waals surface area contributed by atoms with E-state index in [1.165, 1.54) is 0 Å². The van der Waals surface area contributed by atoms with Gasteiger partial charge in [0.05, 0.1) is 8.88 Å². The fourth-order valence-corrected chi connectivity index (χ4v) is 1.29. The molecule has 6 heavy (non-hydrogen) atoms. The van der Waals surface area contributed by atoms with Crippen LogP contribution in [-0.2, 0) is 0 Å². The molecule has 0 bridgehead atoms. The van der Waals surface area contributed by atoms with Crippen LogP contribution >= 0.6 is 37.2 Å². The summed E-state index contributed by atoms with van der Waals surface area (Å²) < 4.78 is 3.72. The molecule has 0 aromatic carbocycles. The Morgan fingerprint density at radius 2 is 2.67 bits per heavy atom. The summed E-state index contributed by atoms with van der Waals surface area (Å²) in [6.07, 6.45) is 0. The topological polar surface area (TPSA) is 24.4 Å². The summed E-state index contributed by atoms with van der Waals surface area (Å²) in [5, 5.41) is 0. The van der Waals surface area contributed by atoms with Crippen molar-refractivity contribution in [2.45, 2.75) is 0 Å². The average molecular weight is 160 g/mol. The zero-order valence-corrected chi connectivity index (χ0v) is 6.65. The molecule has 2 unspecified atom stereocenters. The van der Waals surface area contributed by atoms with Gasteiger partial charge in [-0.3, -0.25) is 4.86 Å². The highest BCUT2D eigenvalue weighted by Crippen LogP contribution is 2.17. The van der Waals surface area contributed by atoms with Crippen molar-refractivity contribution >= 4 is 37.2 Å². The molecule has 0 saturated carbocycles. The van der Waals surface area contributed by atoms with E-state index in [4.69, 9.17) is 11.2 Å². The van der Waals surface area contributed by atoms with Crippen molar-refractivity contribution in [3.63, 3.8) is 0 Å². The minimum atomic E-state index is 0.409. The van der Waals surface area contributed by atoms with Gasteiger partial charge in [-0.1, -0.05) is 9.39 Å². The molecule has 2 nitrogen and oxygen atoms in total. The van der Waals surface area contributed by atoms with E-state index in [0.29, 0.717) is 16.6 Å². The lowest BCUT2D eigenvalue weighted by atomic mass is 13.8. The van der Waals surface area contributed by atoms with E-state index in [1.54, 1.807) is 0 Å². The van der Waals surface area contributed by atoms with Gasteiger partial charge in [0.2, 0.25) is 0 Å². The Labute approximate surface area is 47.3 Å². The Balaban J connectivity index is 2.66. The van der Waals surface area contributed by atoms with Gasteiger partial charge < -0.3 is 0 Å². The van der Waals surface area contributed by atoms with E-state index in [-0.39, 0.29) is 0 Å². The monoisotopic (exact) mass is 160 g/mol. The van der Waals surface area contributed by atoms with Gasteiger partial charge in [-0.15, -0.1) is 0 Å². The van der Waals surface area contributed by atoms with Gasteiger partial charge in [0.25, 0.3) is 0 Å². The van der Waals surface area contributed by atoms with Gasteiger partial charge >= 0.3 is 0 Å². The molecule has 0 fully saturated rings. The third-order valence-corrected chi connectivity index (χ3v) is 2.05. The highest BCUT2D eigenvalue weighted by Gasteiger charge is 1.63. The Morgan fingerprint density at radius 3 is 2.83 bits per heavy atom. The zero-order valence-electron chi connectivity index (χ0n) is 2.85. The Kier molecular flexibility index (Phi) is 7.46. The first-order chi connectivity index (χ1) is 2.91. The standard InChI is InChI=1S/ClH4N2P3/c1-5-3-6-2-4/h2,6H,4H2. The zero-order chi connectivity index (χ0) is 4.83. The molecule has 2 atom stereocenters. The third-order valence-electron chi connectivity index (χ3n) is 0.152. The Hall–Kier alpha value is 1.21. The molecule has 1 N–H and O–H groups in total. The van der Waals surface area contributed by atoms with Gasteiger partial charge in [0, 0.05) is 0 Å². The summed E-state index contributed by atoms with van der Waals surface area (Å²) in [4.78, 5) is 2.76. The lowest BCUT2D eigenvalue weighted by molar-refractivity contribution is 1.70. The van der Waals surface area contributed by atoms with E-state index in [1.807, 2.05) is 0 Å². The van der Waals surface area contributed by atoms with Crippen molar-refractivity contribution in [2.24, 2.45) is 4.52 Å². The van der Waals surface area contributed by atoms with Gasteiger partial charge in [-0.2, -0.15) is 0 Å². The first kappa shape index (κ1) is 7.21. The SMILES string of the molecule is PNP/N=P/Cl. The minimum Gasteiger partial charge on any atom is -0.263 e. The summed E-state index contributed by atoms with van der Waals surface area (Å²) in [6.45, 7) is 0. The van der Waals surface area contributed by atoms with Crippen molar-refractivity contribution in [1.82, 2.24) is 4.86 Å². The first-order valence-electron chi connectivity index (χ1n) is 1.13. The number of nitrogens with zero attached hydrogens (tertiary/aromatic N) is 1. The highest BCUT2D eigenvalue weighted by atomic mass is 35.7. The van der Waals surface area contributed by atoms with Crippen molar-refractivity contribution in [3.8, 4) is 0 Å². The van der Waals surface area contributed by atoms with Gasteiger partial charge in [-0.05, 0) is 11.2 Å². The predicted molar refractivity (Wildman–Crippen MR) is 36.4 cm³/mol. The van der Waals surface area contributed by atoms with Crippen LogP contribution in [0.3, 0.4) is 0 Å². The van der Waals surface area contributed by atoms with E-state index in [2.05, 4.69) is 18.8 Å². The molecule has 0 amide bonds. The van der Waals surface area contributed by atoms with Crippen molar-refractivity contribution in [1.29, 1.82) is 0 Å². The average Bonchev–Trinajstić information content (AvgIpc) is 1.61. The van der Waals surface area contributed by atoms with Crippen LogP contribution in [0, 0.1) is 0 Å². The predicted octanol–water partition coefficient (Wildman–Crippen LogP) is 2.16. The maximum Gasteiger partial charge on any atom is 0.119 e. The van der Waals surface area contributed by atoms with Crippen LogP contribution < -0.4 is 4.86 Å². The minimum absolute atomic E-state index is 0.409. The molecular formula is H4ClN2P3. The molecule has 0 saturated heterocycles. The molecular weight excluding hydrogens is 156 g/mol. The summed E-state index contributed by atoms with van der Waals surface area (Å²) in [5.74, 6) is 0. The van der Waals surface area contributed by atoms with E-state index in [0.717, 1.165) is 0 Å².